The zero-order chi connectivity index (χ0) is 15.5. The van der Waals surface area contributed by atoms with Crippen molar-refractivity contribution >= 4 is 0 Å². The Bertz CT molecular complexity index is 857. The summed E-state index contributed by atoms with van der Waals surface area (Å²) in [5.74, 6) is 0.727. The van der Waals surface area contributed by atoms with Crippen LogP contribution in [0.3, 0.4) is 0 Å². The van der Waals surface area contributed by atoms with E-state index in [0.717, 1.165) is 17.0 Å². The number of hydrogen-bond acceptors (Lipinski definition) is 4. The highest BCUT2D eigenvalue weighted by Gasteiger charge is 2.10. The summed E-state index contributed by atoms with van der Waals surface area (Å²) in [5.41, 5.74) is 5.07. The van der Waals surface area contributed by atoms with E-state index in [0.29, 0.717) is 12.1 Å². The lowest BCUT2D eigenvalue weighted by Gasteiger charge is -2.07. The SMILES string of the molecule is Cc1ccc(-c2nnnn2Cc2cccc(C#N)c2)cc1C. The van der Waals surface area contributed by atoms with Gasteiger partial charge in [-0.15, -0.1) is 5.10 Å². The van der Waals surface area contributed by atoms with Gasteiger partial charge in [-0.05, 0) is 59.2 Å². The maximum absolute atomic E-state index is 8.98. The second kappa shape index (κ2) is 5.78. The molecule has 0 aliphatic carbocycles. The molecular weight excluding hydrogens is 274 g/mol. The van der Waals surface area contributed by atoms with Crippen LogP contribution in [0.5, 0.6) is 0 Å². The first-order chi connectivity index (χ1) is 10.7. The average Bonchev–Trinajstić information content (AvgIpc) is 2.98. The van der Waals surface area contributed by atoms with Gasteiger partial charge < -0.3 is 0 Å². The number of nitriles is 1. The van der Waals surface area contributed by atoms with Crippen LogP contribution in [0.25, 0.3) is 11.4 Å². The molecule has 0 spiro atoms. The van der Waals surface area contributed by atoms with E-state index in [-0.39, 0.29) is 0 Å². The van der Waals surface area contributed by atoms with Crippen molar-refractivity contribution in [2.24, 2.45) is 0 Å². The quantitative estimate of drug-likeness (QED) is 0.743. The van der Waals surface area contributed by atoms with Crippen LogP contribution in [-0.4, -0.2) is 20.2 Å². The average molecular weight is 289 g/mol. The second-order valence-electron chi connectivity index (χ2n) is 5.27. The summed E-state index contributed by atoms with van der Waals surface area (Å²) in [6.45, 7) is 4.68. The van der Waals surface area contributed by atoms with Gasteiger partial charge in [0.1, 0.15) is 0 Å². The number of aryl methyl sites for hydroxylation is 2. The fourth-order valence-corrected chi connectivity index (χ4v) is 2.31. The van der Waals surface area contributed by atoms with Crippen molar-refractivity contribution in [1.29, 1.82) is 5.26 Å². The molecule has 0 aliphatic heterocycles. The summed E-state index contributed by atoms with van der Waals surface area (Å²) in [6.07, 6.45) is 0. The van der Waals surface area contributed by atoms with Crippen molar-refractivity contribution in [1.82, 2.24) is 20.2 Å². The predicted molar refractivity (Wildman–Crippen MR) is 83.0 cm³/mol. The zero-order valence-corrected chi connectivity index (χ0v) is 12.5. The van der Waals surface area contributed by atoms with Crippen molar-refractivity contribution in [3.8, 4) is 17.5 Å². The van der Waals surface area contributed by atoms with Gasteiger partial charge in [0.25, 0.3) is 0 Å². The van der Waals surface area contributed by atoms with Crippen LogP contribution in [0, 0.1) is 25.2 Å². The first-order valence-electron chi connectivity index (χ1n) is 7.00. The van der Waals surface area contributed by atoms with Crippen molar-refractivity contribution in [2.45, 2.75) is 20.4 Å². The largest absolute Gasteiger partial charge is 0.221 e. The summed E-state index contributed by atoms with van der Waals surface area (Å²) in [4.78, 5) is 0. The summed E-state index contributed by atoms with van der Waals surface area (Å²) in [7, 11) is 0. The Morgan fingerprint density at radius 3 is 2.73 bits per heavy atom. The highest BCUT2D eigenvalue weighted by atomic mass is 15.5. The van der Waals surface area contributed by atoms with Gasteiger partial charge in [-0.2, -0.15) is 5.26 Å². The third kappa shape index (κ3) is 2.72. The fraction of sp³-hybridized carbons (Fsp3) is 0.176. The Morgan fingerprint density at radius 1 is 1.09 bits per heavy atom. The number of tetrazole rings is 1. The van der Waals surface area contributed by atoms with E-state index in [1.54, 1.807) is 10.7 Å². The highest BCUT2D eigenvalue weighted by molar-refractivity contribution is 5.57. The minimum absolute atomic E-state index is 0.533. The molecule has 3 aromatic rings. The maximum atomic E-state index is 8.98. The van der Waals surface area contributed by atoms with Gasteiger partial charge in [0.05, 0.1) is 18.2 Å². The van der Waals surface area contributed by atoms with Gasteiger partial charge in [-0.1, -0.05) is 24.3 Å². The first-order valence-corrected chi connectivity index (χ1v) is 7.00. The molecule has 0 unspecified atom stereocenters. The molecule has 0 aliphatic rings. The molecule has 0 amide bonds. The normalized spacial score (nSPS) is 10.4. The number of rotatable bonds is 3. The monoisotopic (exact) mass is 289 g/mol. The Balaban J connectivity index is 1.95. The molecule has 0 radical (unpaired) electrons. The molecule has 5 heteroatoms. The van der Waals surface area contributed by atoms with Crippen molar-refractivity contribution < 1.29 is 0 Å². The van der Waals surface area contributed by atoms with Crippen molar-refractivity contribution in [3.63, 3.8) is 0 Å². The molecule has 5 nitrogen and oxygen atoms in total. The summed E-state index contributed by atoms with van der Waals surface area (Å²) in [6, 6.07) is 15.8. The van der Waals surface area contributed by atoms with Gasteiger partial charge in [0, 0.05) is 5.56 Å². The van der Waals surface area contributed by atoms with Crippen LogP contribution in [0.1, 0.15) is 22.3 Å². The molecule has 0 atom stereocenters. The van der Waals surface area contributed by atoms with Gasteiger partial charge >= 0.3 is 0 Å². The maximum Gasteiger partial charge on any atom is 0.182 e. The standard InChI is InChI=1S/C17H15N5/c1-12-6-7-16(8-13(12)2)17-19-20-21-22(17)11-15-5-3-4-14(9-15)10-18/h3-9H,11H2,1-2H3. The molecule has 3 rings (SSSR count). The van der Waals surface area contributed by atoms with E-state index < -0.39 is 0 Å². The van der Waals surface area contributed by atoms with Gasteiger partial charge in [0.15, 0.2) is 5.82 Å². The molecule has 0 saturated carbocycles. The summed E-state index contributed by atoms with van der Waals surface area (Å²) >= 11 is 0. The van der Waals surface area contributed by atoms with E-state index in [1.165, 1.54) is 11.1 Å². The van der Waals surface area contributed by atoms with Crippen LogP contribution >= 0.6 is 0 Å². The van der Waals surface area contributed by atoms with Crippen LogP contribution in [0.4, 0.5) is 0 Å². The van der Waals surface area contributed by atoms with Crippen molar-refractivity contribution in [2.75, 3.05) is 0 Å². The molecule has 108 valence electrons. The number of aromatic nitrogens is 4. The molecule has 1 aromatic heterocycles. The minimum Gasteiger partial charge on any atom is -0.221 e. The lowest BCUT2D eigenvalue weighted by atomic mass is 10.1. The molecule has 0 bridgehead atoms. The molecule has 0 saturated heterocycles. The van der Waals surface area contributed by atoms with Crippen LogP contribution < -0.4 is 0 Å². The van der Waals surface area contributed by atoms with E-state index in [4.69, 9.17) is 5.26 Å². The topological polar surface area (TPSA) is 67.4 Å². The second-order valence-corrected chi connectivity index (χ2v) is 5.27. The number of benzene rings is 2. The Labute approximate surface area is 128 Å². The Morgan fingerprint density at radius 2 is 1.95 bits per heavy atom. The van der Waals surface area contributed by atoms with Gasteiger partial charge in [0.2, 0.25) is 0 Å². The first kappa shape index (κ1) is 14.0. The predicted octanol–water partition coefficient (Wildman–Crippen LogP) is 2.88. The van der Waals surface area contributed by atoms with E-state index in [9.17, 15) is 0 Å². The minimum atomic E-state index is 0.533. The Kier molecular flexibility index (Phi) is 3.67. The highest BCUT2D eigenvalue weighted by Crippen LogP contribution is 2.20. The lowest BCUT2D eigenvalue weighted by Crippen LogP contribution is -2.04. The summed E-state index contributed by atoms with van der Waals surface area (Å²) < 4.78 is 1.75. The van der Waals surface area contributed by atoms with Crippen LogP contribution in [0.2, 0.25) is 0 Å². The molecular formula is C17H15N5. The molecule has 22 heavy (non-hydrogen) atoms. The van der Waals surface area contributed by atoms with Crippen LogP contribution in [-0.2, 0) is 6.54 Å². The third-order valence-electron chi connectivity index (χ3n) is 3.69. The number of nitrogens with zero attached hydrogens (tertiary/aromatic N) is 5. The molecule has 0 fully saturated rings. The zero-order valence-electron chi connectivity index (χ0n) is 12.5. The summed E-state index contributed by atoms with van der Waals surface area (Å²) in [5, 5.41) is 21.0. The van der Waals surface area contributed by atoms with Crippen LogP contribution in [0.15, 0.2) is 42.5 Å². The fourth-order valence-electron chi connectivity index (χ4n) is 2.31. The third-order valence-corrected chi connectivity index (χ3v) is 3.69. The van der Waals surface area contributed by atoms with E-state index >= 15 is 0 Å². The van der Waals surface area contributed by atoms with E-state index in [2.05, 4.69) is 47.6 Å². The number of hydrogen-bond donors (Lipinski definition) is 0. The molecule has 2 aromatic carbocycles. The Hall–Kier alpha value is -3.00. The molecule has 0 N–H and O–H groups in total. The molecule has 1 heterocycles. The van der Waals surface area contributed by atoms with E-state index in [1.807, 2.05) is 24.3 Å². The smallest absolute Gasteiger partial charge is 0.182 e. The lowest BCUT2D eigenvalue weighted by molar-refractivity contribution is 0.653. The van der Waals surface area contributed by atoms with Crippen molar-refractivity contribution in [3.05, 3.63) is 64.7 Å². The van der Waals surface area contributed by atoms with Gasteiger partial charge in [-0.25, -0.2) is 4.68 Å². The van der Waals surface area contributed by atoms with Gasteiger partial charge in [-0.3, -0.25) is 0 Å².